The molecule has 22 heavy (non-hydrogen) atoms. The van der Waals surface area contributed by atoms with Gasteiger partial charge in [0.05, 0.1) is 25.2 Å². The molecule has 1 aliphatic carbocycles. The predicted molar refractivity (Wildman–Crippen MR) is 77.9 cm³/mol. The quantitative estimate of drug-likeness (QED) is 0.492. The van der Waals surface area contributed by atoms with E-state index in [-0.39, 0.29) is 25.9 Å². The number of carbonyl (C=O) groups excluding carboxylic acids is 1. The van der Waals surface area contributed by atoms with Crippen LogP contribution in [-0.2, 0) is 24.6 Å². The van der Waals surface area contributed by atoms with E-state index >= 15 is 0 Å². The van der Waals surface area contributed by atoms with E-state index in [1.54, 1.807) is 19.1 Å². The van der Waals surface area contributed by atoms with Crippen molar-refractivity contribution in [3.05, 3.63) is 35.8 Å². The maximum atomic E-state index is 12.3. The largest absolute Gasteiger partial charge is 0.472 e. The van der Waals surface area contributed by atoms with Crippen molar-refractivity contribution in [2.45, 2.75) is 32.0 Å². The van der Waals surface area contributed by atoms with Crippen LogP contribution in [0.15, 0.2) is 34.7 Å². The molecule has 0 fully saturated rings. The molecule has 1 heterocycles. The van der Waals surface area contributed by atoms with Crippen LogP contribution in [0.5, 0.6) is 0 Å². The number of rotatable bonds is 6. The minimum atomic E-state index is -1.43. The van der Waals surface area contributed by atoms with Crippen molar-refractivity contribution in [1.29, 1.82) is 0 Å². The summed E-state index contributed by atoms with van der Waals surface area (Å²) in [7, 11) is 1.53. The highest BCUT2D eigenvalue weighted by Gasteiger charge is 2.48. The first kappa shape index (κ1) is 16.7. The third-order valence-corrected chi connectivity index (χ3v) is 3.90. The molecule has 6 nitrogen and oxygen atoms in total. The maximum Gasteiger partial charge on any atom is 0.316 e. The summed E-state index contributed by atoms with van der Waals surface area (Å²) >= 11 is 0. The van der Waals surface area contributed by atoms with Crippen LogP contribution in [0.4, 0.5) is 0 Å². The van der Waals surface area contributed by atoms with Crippen LogP contribution in [-0.4, -0.2) is 37.7 Å². The Balaban J connectivity index is 2.35. The van der Waals surface area contributed by atoms with Crippen LogP contribution in [0.3, 0.4) is 0 Å². The van der Waals surface area contributed by atoms with E-state index < -0.39 is 17.5 Å². The third-order valence-electron chi connectivity index (χ3n) is 3.90. The Kier molecular flexibility index (Phi) is 5.39. The molecule has 0 unspecified atom stereocenters. The van der Waals surface area contributed by atoms with Gasteiger partial charge in [0.1, 0.15) is 18.3 Å². The number of furan rings is 1. The van der Waals surface area contributed by atoms with Crippen LogP contribution in [0, 0.1) is 5.92 Å². The summed E-state index contributed by atoms with van der Waals surface area (Å²) in [4.78, 5) is 12.3. The second-order valence-corrected chi connectivity index (χ2v) is 5.34. The van der Waals surface area contributed by atoms with E-state index in [0.717, 1.165) is 5.57 Å². The molecule has 0 aromatic carbocycles. The topological polar surface area (TPSA) is 78.1 Å². The van der Waals surface area contributed by atoms with E-state index in [2.05, 4.69) is 0 Å². The number of hydrogen-bond acceptors (Lipinski definition) is 6. The Hall–Kier alpha value is -1.63. The molecule has 2 rings (SSSR count). The first-order chi connectivity index (χ1) is 10.5. The molecule has 0 radical (unpaired) electrons. The number of aliphatic hydroxyl groups is 1. The minimum Gasteiger partial charge on any atom is -0.472 e. The Labute approximate surface area is 129 Å². The van der Waals surface area contributed by atoms with Gasteiger partial charge in [-0.05, 0) is 25.5 Å². The van der Waals surface area contributed by atoms with Crippen LogP contribution in [0.1, 0.15) is 25.8 Å². The molecule has 6 heteroatoms. The first-order valence-electron chi connectivity index (χ1n) is 7.23. The molecule has 1 N–H and O–H groups in total. The zero-order valence-corrected chi connectivity index (χ0v) is 13.1. The van der Waals surface area contributed by atoms with Crippen molar-refractivity contribution in [3.63, 3.8) is 0 Å². The van der Waals surface area contributed by atoms with Gasteiger partial charge in [0.2, 0.25) is 0 Å². The predicted octanol–water partition coefficient (Wildman–Crippen LogP) is 1.99. The van der Waals surface area contributed by atoms with E-state index in [9.17, 15) is 9.90 Å². The summed E-state index contributed by atoms with van der Waals surface area (Å²) in [6.45, 7) is 3.97. The second-order valence-electron chi connectivity index (χ2n) is 5.34. The average molecular weight is 310 g/mol. The zero-order chi connectivity index (χ0) is 16.2. The standard InChI is InChI=1S/C16H22O6/c1-4-21-15(17)13-7-11(2)14(22-10-19-3)8-16(13,18)12-5-6-20-9-12/h5-7,9,13-14,18H,4,8,10H2,1-3H3/t13-,14-,16+/m0/s1. The summed E-state index contributed by atoms with van der Waals surface area (Å²) in [6, 6.07) is 1.65. The molecule has 1 aromatic heterocycles. The highest BCUT2D eigenvalue weighted by Crippen LogP contribution is 2.42. The van der Waals surface area contributed by atoms with Gasteiger partial charge in [0.15, 0.2) is 0 Å². The smallest absolute Gasteiger partial charge is 0.316 e. The highest BCUT2D eigenvalue weighted by molar-refractivity contribution is 5.77. The molecule has 3 atom stereocenters. The zero-order valence-electron chi connectivity index (χ0n) is 13.1. The van der Waals surface area contributed by atoms with Crippen molar-refractivity contribution < 1.29 is 28.5 Å². The molecule has 0 amide bonds. The summed E-state index contributed by atoms with van der Waals surface area (Å²) < 4.78 is 20.7. The van der Waals surface area contributed by atoms with Gasteiger partial charge in [-0.3, -0.25) is 4.79 Å². The number of carbonyl (C=O) groups is 1. The molecular weight excluding hydrogens is 288 g/mol. The highest BCUT2D eigenvalue weighted by atomic mass is 16.7. The lowest BCUT2D eigenvalue weighted by atomic mass is 9.72. The minimum absolute atomic E-state index is 0.112. The molecule has 0 saturated carbocycles. The second kappa shape index (κ2) is 7.09. The molecular formula is C16H22O6. The van der Waals surface area contributed by atoms with E-state index in [0.29, 0.717) is 5.56 Å². The van der Waals surface area contributed by atoms with Gasteiger partial charge < -0.3 is 23.7 Å². The molecule has 0 aliphatic heterocycles. The van der Waals surface area contributed by atoms with Crippen LogP contribution in [0.2, 0.25) is 0 Å². The van der Waals surface area contributed by atoms with Crippen LogP contribution in [0.25, 0.3) is 0 Å². The van der Waals surface area contributed by atoms with E-state index in [4.69, 9.17) is 18.6 Å². The Morgan fingerprint density at radius 3 is 2.91 bits per heavy atom. The van der Waals surface area contributed by atoms with Crippen molar-refractivity contribution in [1.82, 2.24) is 0 Å². The van der Waals surface area contributed by atoms with E-state index in [1.807, 2.05) is 6.92 Å². The molecule has 0 bridgehead atoms. The summed E-state index contributed by atoms with van der Waals surface area (Å²) in [6.07, 6.45) is 4.49. The molecule has 122 valence electrons. The van der Waals surface area contributed by atoms with Gasteiger partial charge in [-0.2, -0.15) is 0 Å². The monoisotopic (exact) mass is 310 g/mol. The van der Waals surface area contributed by atoms with Gasteiger partial charge in [-0.1, -0.05) is 6.08 Å². The average Bonchev–Trinajstić information content (AvgIpc) is 3.03. The van der Waals surface area contributed by atoms with Gasteiger partial charge in [0, 0.05) is 19.1 Å². The molecule has 0 saturated heterocycles. The van der Waals surface area contributed by atoms with Crippen molar-refractivity contribution in [2.24, 2.45) is 5.92 Å². The van der Waals surface area contributed by atoms with Gasteiger partial charge in [-0.15, -0.1) is 0 Å². The summed E-state index contributed by atoms with van der Waals surface area (Å²) in [5.41, 5.74) is -0.0411. The Morgan fingerprint density at radius 2 is 2.32 bits per heavy atom. The Morgan fingerprint density at radius 1 is 1.55 bits per heavy atom. The van der Waals surface area contributed by atoms with Crippen molar-refractivity contribution in [2.75, 3.05) is 20.5 Å². The SMILES string of the molecule is CCOC(=O)[C@@H]1C=C(C)[C@@H](OCOC)C[C@@]1(O)c1ccoc1. The molecule has 0 spiro atoms. The third kappa shape index (κ3) is 3.24. The number of ether oxygens (including phenoxy) is 3. The molecule has 1 aromatic rings. The Bertz CT molecular complexity index is 521. The fraction of sp³-hybridized carbons (Fsp3) is 0.562. The lowest BCUT2D eigenvalue weighted by Gasteiger charge is -2.39. The van der Waals surface area contributed by atoms with Gasteiger partial charge in [0.25, 0.3) is 0 Å². The fourth-order valence-electron chi connectivity index (χ4n) is 2.72. The van der Waals surface area contributed by atoms with Crippen LogP contribution >= 0.6 is 0 Å². The molecule has 1 aliphatic rings. The number of esters is 1. The van der Waals surface area contributed by atoms with Crippen LogP contribution < -0.4 is 0 Å². The van der Waals surface area contributed by atoms with Gasteiger partial charge in [-0.25, -0.2) is 0 Å². The van der Waals surface area contributed by atoms with Crippen molar-refractivity contribution >= 4 is 5.97 Å². The lowest BCUT2D eigenvalue weighted by molar-refractivity contribution is -0.162. The maximum absolute atomic E-state index is 12.3. The van der Waals surface area contributed by atoms with Crippen molar-refractivity contribution in [3.8, 4) is 0 Å². The number of hydrogen-bond donors (Lipinski definition) is 1. The first-order valence-corrected chi connectivity index (χ1v) is 7.23. The fourth-order valence-corrected chi connectivity index (χ4v) is 2.72. The summed E-state index contributed by atoms with van der Waals surface area (Å²) in [5, 5.41) is 11.1. The van der Waals surface area contributed by atoms with Gasteiger partial charge >= 0.3 is 5.97 Å². The normalized spacial score (nSPS) is 28.3. The number of methoxy groups -OCH3 is 1. The summed E-state index contributed by atoms with van der Waals surface area (Å²) in [5.74, 6) is -1.26. The lowest BCUT2D eigenvalue weighted by Crippen LogP contribution is -2.46. The van der Waals surface area contributed by atoms with E-state index in [1.165, 1.54) is 19.6 Å².